The lowest BCUT2D eigenvalue weighted by molar-refractivity contribution is -0.131. The molecule has 1 aromatic rings. The Morgan fingerprint density at radius 1 is 1.33 bits per heavy atom. The van der Waals surface area contributed by atoms with E-state index in [1.807, 2.05) is 0 Å². The SMILES string of the molecule is COc1ccc(C=CC(=O)O)cc1NS(=O)(=O)C(C)(C)C. The Bertz CT molecular complexity index is 656. The van der Waals surface area contributed by atoms with E-state index in [-0.39, 0.29) is 5.69 Å². The molecule has 0 spiro atoms. The number of rotatable bonds is 5. The lowest BCUT2D eigenvalue weighted by Crippen LogP contribution is -2.33. The summed E-state index contributed by atoms with van der Waals surface area (Å²) in [4.78, 5) is 10.5. The molecule has 0 bridgehead atoms. The summed E-state index contributed by atoms with van der Waals surface area (Å²) in [5.74, 6) is -0.724. The van der Waals surface area contributed by atoms with Crippen LogP contribution >= 0.6 is 0 Å². The molecule has 0 unspecified atom stereocenters. The number of anilines is 1. The Labute approximate surface area is 124 Å². The number of methoxy groups -OCH3 is 1. The maximum absolute atomic E-state index is 12.2. The molecule has 0 aliphatic carbocycles. The van der Waals surface area contributed by atoms with Crippen molar-refractivity contribution < 1.29 is 23.1 Å². The molecule has 6 nitrogen and oxygen atoms in total. The van der Waals surface area contributed by atoms with E-state index in [1.165, 1.54) is 19.3 Å². The molecule has 0 atom stereocenters. The van der Waals surface area contributed by atoms with Gasteiger partial charge in [-0.1, -0.05) is 6.07 Å². The van der Waals surface area contributed by atoms with E-state index in [0.717, 1.165) is 6.08 Å². The van der Waals surface area contributed by atoms with Crippen molar-refractivity contribution >= 4 is 27.8 Å². The lowest BCUT2D eigenvalue weighted by atomic mass is 10.2. The third-order valence-corrected chi connectivity index (χ3v) is 4.79. The zero-order chi connectivity index (χ0) is 16.3. The second-order valence-corrected chi connectivity index (χ2v) is 7.78. The smallest absolute Gasteiger partial charge is 0.328 e. The molecular formula is C14H19NO5S. The van der Waals surface area contributed by atoms with E-state index < -0.39 is 20.7 Å². The van der Waals surface area contributed by atoms with Crippen LogP contribution in [-0.2, 0) is 14.8 Å². The second-order valence-electron chi connectivity index (χ2n) is 5.35. The van der Waals surface area contributed by atoms with Crippen molar-refractivity contribution in [3.8, 4) is 5.75 Å². The molecule has 0 saturated carbocycles. The summed E-state index contributed by atoms with van der Waals surface area (Å²) in [6, 6.07) is 4.72. The van der Waals surface area contributed by atoms with Crippen LogP contribution in [0.5, 0.6) is 5.75 Å². The van der Waals surface area contributed by atoms with Crippen molar-refractivity contribution in [2.24, 2.45) is 0 Å². The second kappa shape index (κ2) is 6.17. The first kappa shape index (κ1) is 17.0. The van der Waals surface area contributed by atoms with Gasteiger partial charge in [0.15, 0.2) is 0 Å². The minimum Gasteiger partial charge on any atom is -0.495 e. The highest BCUT2D eigenvalue weighted by atomic mass is 32.2. The van der Waals surface area contributed by atoms with Crippen LogP contribution in [0.25, 0.3) is 6.08 Å². The third-order valence-electron chi connectivity index (χ3n) is 2.69. The minimum atomic E-state index is -3.60. The quantitative estimate of drug-likeness (QED) is 0.814. The zero-order valence-electron chi connectivity index (χ0n) is 12.4. The first-order valence-corrected chi connectivity index (χ1v) is 7.66. The van der Waals surface area contributed by atoms with Crippen LogP contribution in [0.4, 0.5) is 5.69 Å². The molecule has 0 fully saturated rings. The summed E-state index contributed by atoms with van der Waals surface area (Å²) < 4.78 is 31.0. The van der Waals surface area contributed by atoms with Gasteiger partial charge in [0.2, 0.25) is 10.0 Å². The first-order chi connectivity index (χ1) is 9.56. The molecule has 0 saturated heterocycles. The van der Waals surface area contributed by atoms with Crippen molar-refractivity contribution in [3.05, 3.63) is 29.8 Å². The van der Waals surface area contributed by atoms with Gasteiger partial charge in [-0.15, -0.1) is 0 Å². The molecule has 2 N–H and O–H groups in total. The highest BCUT2D eigenvalue weighted by molar-refractivity contribution is 7.94. The van der Waals surface area contributed by atoms with Gasteiger partial charge in [0.1, 0.15) is 5.75 Å². The molecule has 21 heavy (non-hydrogen) atoms. The van der Waals surface area contributed by atoms with Crippen LogP contribution in [-0.4, -0.2) is 31.4 Å². The highest BCUT2D eigenvalue weighted by Gasteiger charge is 2.29. The Hall–Kier alpha value is -2.02. The minimum absolute atomic E-state index is 0.264. The van der Waals surface area contributed by atoms with E-state index >= 15 is 0 Å². The topological polar surface area (TPSA) is 92.7 Å². The fourth-order valence-electron chi connectivity index (χ4n) is 1.37. The number of carboxylic acid groups (broad SMARTS) is 1. The number of benzene rings is 1. The average Bonchev–Trinajstić information content (AvgIpc) is 2.34. The third kappa shape index (κ3) is 4.49. The normalized spacial score (nSPS) is 12.4. The van der Waals surface area contributed by atoms with Crippen LogP contribution in [0, 0.1) is 0 Å². The van der Waals surface area contributed by atoms with Crippen molar-refractivity contribution in [1.82, 2.24) is 0 Å². The van der Waals surface area contributed by atoms with Gasteiger partial charge in [-0.3, -0.25) is 4.72 Å². The molecule has 1 aromatic carbocycles. The van der Waals surface area contributed by atoms with Crippen LogP contribution in [0.1, 0.15) is 26.3 Å². The highest BCUT2D eigenvalue weighted by Crippen LogP contribution is 2.29. The standard InChI is InChI=1S/C14H19NO5S/c1-14(2,3)21(18,19)15-11-9-10(6-8-13(16)17)5-7-12(11)20-4/h5-9,15H,1-4H3,(H,16,17). The summed E-state index contributed by atoms with van der Waals surface area (Å²) >= 11 is 0. The molecule has 0 aliphatic heterocycles. The Morgan fingerprint density at radius 3 is 2.43 bits per heavy atom. The van der Waals surface area contributed by atoms with E-state index in [1.54, 1.807) is 32.9 Å². The Morgan fingerprint density at radius 2 is 1.95 bits per heavy atom. The Balaban J connectivity index is 3.21. The number of carbonyl (C=O) groups is 1. The van der Waals surface area contributed by atoms with Gasteiger partial charge in [0.25, 0.3) is 0 Å². The number of hydrogen-bond acceptors (Lipinski definition) is 4. The van der Waals surface area contributed by atoms with E-state index in [9.17, 15) is 13.2 Å². The molecule has 116 valence electrons. The maximum Gasteiger partial charge on any atom is 0.328 e. The average molecular weight is 313 g/mol. The molecule has 0 aromatic heterocycles. The van der Waals surface area contributed by atoms with Crippen LogP contribution in [0.3, 0.4) is 0 Å². The van der Waals surface area contributed by atoms with Gasteiger partial charge in [-0.2, -0.15) is 0 Å². The van der Waals surface area contributed by atoms with Gasteiger partial charge >= 0.3 is 5.97 Å². The van der Waals surface area contributed by atoms with Gasteiger partial charge in [0, 0.05) is 6.08 Å². The van der Waals surface area contributed by atoms with Crippen LogP contribution in [0.2, 0.25) is 0 Å². The molecule has 0 heterocycles. The van der Waals surface area contributed by atoms with Crippen molar-refractivity contribution in [2.45, 2.75) is 25.5 Å². The number of nitrogens with one attached hydrogen (secondary N) is 1. The zero-order valence-corrected chi connectivity index (χ0v) is 13.2. The number of ether oxygens (including phenoxy) is 1. The van der Waals surface area contributed by atoms with Gasteiger partial charge in [-0.25, -0.2) is 13.2 Å². The summed E-state index contributed by atoms with van der Waals surface area (Å²) in [7, 11) is -2.17. The van der Waals surface area contributed by atoms with Crippen molar-refractivity contribution in [3.63, 3.8) is 0 Å². The van der Waals surface area contributed by atoms with Crippen molar-refractivity contribution in [2.75, 3.05) is 11.8 Å². The largest absolute Gasteiger partial charge is 0.495 e. The fourth-order valence-corrected chi connectivity index (χ4v) is 2.13. The number of sulfonamides is 1. The summed E-state index contributed by atoms with van der Waals surface area (Å²) in [5, 5.41) is 8.61. The fraction of sp³-hybridized carbons (Fsp3) is 0.357. The Kier molecular flexibility index (Phi) is 5.01. The predicted octanol–water partition coefficient (Wildman–Crippen LogP) is 2.33. The lowest BCUT2D eigenvalue weighted by Gasteiger charge is -2.21. The van der Waals surface area contributed by atoms with E-state index in [2.05, 4.69) is 4.72 Å². The summed E-state index contributed by atoms with van der Waals surface area (Å²) in [6.45, 7) is 4.74. The molecule has 7 heteroatoms. The van der Waals surface area contributed by atoms with Crippen molar-refractivity contribution in [1.29, 1.82) is 0 Å². The predicted molar refractivity (Wildman–Crippen MR) is 82.0 cm³/mol. The molecule has 0 amide bonds. The number of aliphatic carboxylic acids is 1. The monoisotopic (exact) mass is 313 g/mol. The molecule has 1 rings (SSSR count). The van der Waals surface area contributed by atoms with Gasteiger partial charge < -0.3 is 9.84 Å². The van der Waals surface area contributed by atoms with E-state index in [0.29, 0.717) is 11.3 Å². The molecule has 0 aliphatic rings. The van der Waals surface area contributed by atoms with Gasteiger partial charge in [-0.05, 0) is 44.5 Å². The summed E-state index contributed by atoms with van der Waals surface area (Å²) in [6.07, 6.45) is 2.35. The van der Waals surface area contributed by atoms with Crippen LogP contribution in [0.15, 0.2) is 24.3 Å². The summed E-state index contributed by atoms with van der Waals surface area (Å²) in [5.41, 5.74) is 0.810. The van der Waals surface area contributed by atoms with Crippen LogP contribution < -0.4 is 9.46 Å². The maximum atomic E-state index is 12.2. The van der Waals surface area contributed by atoms with E-state index in [4.69, 9.17) is 9.84 Å². The van der Waals surface area contributed by atoms with Gasteiger partial charge in [0.05, 0.1) is 17.5 Å². The molecular weight excluding hydrogens is 294 g/mol. The number of carboxylic acids is 1. The number of hydrogen-bond donors (Lipinski definition) is 2. The molecule has 0 radical (unpaired) electrons. The first-order valence-electron chi connectivity index (χ1n) is 6.18.